The largest absolute Gasteiger partial charge is 0.497 e. The van der Waals surface area contributed by atoms with E-state index in [1.807, 2.05) is 37.3 Å². The molecule has 0 fully saturated rings. The Kier molecular flexibility index (Phi) is 4.04. The molecule has 2 aromatic carbocycles. The fourth-order valence-electron chi connectivity index (χ4n) is 2.61. The molecule has 0 unspecified atom stereocenters. The molecule has 3 aromatic rings. The normalized spacial score (nSPS) is 10.6. The number of nitrogens with one attached hydrogen (secondary N) is 1. The van der Waals surface area contributed by atoms with Crippen molar-refractivity contribution in [2.45, 2.75) is 13.8 Å². The fraction of sp³-hybridized carbons (Fsp3) is 0.167. The number of nitrogens with zero attached hydrogens (tertiary/aromatic N) is 2. The number of nitro benzene ring substituents is 1. The average molecular weight is 323 g/mol. The van der Waals surface area contributed by atoms with Gasteiger partial charge in [-0.3, -0.25) is 15.1 Å². The van der Waals surface area contributed by atoms with E-state index in [0.717, 1.165) is 28.0 Å². The van der Waals surface area contributed by atoms with Crippen LogP contribution in [0.5, 0.6) is 5.75 Å². The first-order chi connectivity index (χ1) is 11.5. The Morgan fingerprint density at radius 1 is 1.12 bits per heavy atom. The van der Waals surface area contributed by atoms with Gasteiger partial charge in [-0.15, -0.1) is 0 Å². The predicted octanol–water partition coefficient (Wildman–Crippen LogP) is 4.51. The Balaban J connectivity index is 2.07. The number of aromatic nitrogens is 1. The van der Waals surface area contributed by atoms with Gasteiger partial charge in [0.25, 0.3) is 5.69 Å². The topological polar surface area (TPSA) is 77.3 Å². The van der Waals surface area contributed by atoms with Gasteiger partial charge in [0.1, 0.15) is 5.75 Å². The molecule has 1 N–H and O–H groups in total. The van der Waals surface area contributed by atoms with Gasteiger partial charge in [-0.05, 0) is 38.1 Å². The lowest BCUT2D eigenvalue weighted by molar-refractivity contribution is -0.385. The number of methoxy groups -OCH3 is 1. The zero-order valence-electron chi connectivity index (χ0n) is 13.7. The van der Waals surface area contributed by atoms with E-state index in [-0.39, 0.29) is 10.6 Å². The summed E-state index contributed by atoms with van der Waals surface area (Å²) in [4.78, 5) is 15.3. The summed E-state index contributed by atoms with van der Waals surface area (Å²) in [7, 11) is 1.61. The van der Waals surface area contributed by atoms with E-state index >= 15 is 0 Å². The molecule has 0 saturated heterocycles. The van der Waals surface area contributed by atoms with Gasteiger partial charge in [-0.1, -0.05) is 6.07 Å². The summed E-state index contributed by atoms with van der Waals surface area (Å²) >= 11 is 0. The molecule has 24 heavy (non-hydrogen) atoms. The first-order valence-electron chi connectivity index (χ1n) is 7.45. The van der Waals surface area contributed by atoms with E-state index in [1.165, 1.54) is 0 Å². The number of nitro groups is 1. The highest BCUT2D eigenvalue weighted by Gasteiger charge is 2.12. The van der Waals surface area contributed by atoms with Gasteiger partial charge in [-0.25, -0.2) is 0 Å². The van der Waals surface area contributed by atoms with Crippen molar-refractivity contribution in [2.75, 3.05) is 12.4 Å². The molecular formula is C18H17N3O3. The quantitative estimate of drug-likeness (QED) is 0.564. The van der Waals surface area contributed by atoms with Crippen molar-refractivity contribution < 1.29 is 9.66 Å². The Hall–Kier alpha value is -3.15. The molecule has 1 aromatic heterocycles. The van der Waals surface area contributed by atoms with Crippen LogP contribution in [0.3, 0.4) is 0 Å². The van der Waals surface area contributed by atoms with Crippen molar-refractivity contribution in [1.29, 1.82) is 0 Å². The van der Waals surface area contributed by atoms with Gasteiger partial charge >= 0.3 is 0 Å². The lowest BCUT2D eigenvalue weighted by Gasteiger charge is -2.12. The molecule has 0 amide bonds. The second kappa shape index (κ2) is 6.16. The number of rotatable bonds is 4. The maximum Gasteiger partial charge on any atom is 0.274 e. The van der Waals surface area contributed by atoms with E-state index in [2.05, 4.69) is 10.3 Å². The van der Waals surface area contributed by atoms with Crippen molar-refractivity contribution in [3.05, 3.63) is 63.8 Å². The van der Waals surface area contributed by atoms with Crippen LogP contribution >= 0.6 is 0 Å². The summed E-state index contributed by atoms with van der Waals surface area (Å²) in [6.07, 6.45) is 0. The second-order valence-electron chi connectivity index (χ2n) is 5.58. The highest BCUT2D eigenvalue weighted by atomic mass is 16.6. The van der Waals surface area contributed by atoms with Gasteiger partial charge in [0, 0.05) is 40.2 Å². The van der Waals surface area contributed by atoms with Crippen molar-refractivity contribution in [1.82, 2.24) is 4.98 Å². The molecule has 6 nitrogen and oxygen atoms in total. The van der Waals surface area contributed by atoms with Crippen molar-refractivity contribution >= 4 is 28.0 Å². The number of benzene rings is 2. The van der Waals surface area contributed by atoms with Crippen LogP contribution in [0.15, 0.2) is 42.5 Å². The molecular weight excluding hydrogens is 306 g/mol. The Labute approximate surface area is 139 Å². The minimum Gasteiger partial charge on any atom is -0.497 e. The molecule has 0 aliphatic carbocycles. The molecule has 0 aliphatic heterocycles. The first-order valence-corrected chi connectivity index (χ1v) is 7.45. The van der Waals surface area contributed by atoms with E-state index in [1.54, 1.807) is 26.2 Å². The Morgan fingerprint density at radius 2 is 1.92 bits per heavy atom. The van der Waals surface area contributed by atoms with Crippen LogP contribution < -0.4 is 10.1 Å². The summed E-state index contributed by atoms with van der Waals surface area (Å²) < 4.78 is 5.24. The van der Waals surface area contributed by atoms with E-state index in [9.17, 15) is 10.1 Å². The highest BCUT2D eigenvalue weighted by molar-refractivity contribution is 5.94. The first kappa shape index (κ1) is 15.7. The van der Waals surface area contributed by atoms with Crippen LogP contribution in [-0.2, 0) is 0 Å². The smallest absolute Gasteiger partial charge is 0.274 e. The molecule has 0 atom stereocenters. The van der Waals surface area contributed by atoms with Crippen molar-refractivity contribution in [2.24, 2.45) is 0 Å². The molecule has 0 aliphatic rings. The molecule has 0 bridgehead atoms. The zero-order valence-corrected chi connectivity index (χ0v) is 13.7. The Bertz CT molecular complexity index is 938. The number of pyridine rings is 1. The maximum absolute atomic E-state index is 11.1. The molecule has 122 valence electrons. The third-order valence-corrected chi connectivity index (χ3v) is 3.83. The summed E-state index contributed by atoms with van der Waals surface area (Å²) in [5.41, 5.74) is 3.88. The monoisotopic (exact) mass is 323 g/mol. The summed E-state index contributed by atoms with van der Waals surface area (Å²) in [6, 6.07) is 12.7. The van der Waals surface area contributed by atoms with Crippen LogP contribution in [0.1, 0.15) is 11.3 Å². The molecule has 0 radical (unpaired) electrons. The summed E-state index contributed by atoms with van der Waals surface area (Å²) in [5, 5.41) is 15.3. The third-order valence-electron chi connectivity index (χ3n) is 3.83. The lowest BCUT2D eigenvalue weighted by Crippen LogP contribution is -1.97. The average Bonchev–Trinajstić information content (AvgIpc) is 2.55. The van der Waals surface area contributed by atoms with Crippen molar-refractivity contribution in [3.63, 3.8) is 0 Å². The fourth-order valence-corrected chi connectivity index (χ4v) is 2.61. The van der Waals surface area contributed by atoms with Gasteiger partial charge < -0.3 is 10.1 Å². The van der Waals surface area contributed by atoms with Gasteiger partial charge in [0.05, 0.1) is 17.5 Å². The Morgan fingerprint density at radius 3 is 2.62 bits per heavy atom. The zero-order chi connectivity index (χ0) is 17.3. The summed E-state index contributed by atoms with van der Waals surface area (Å²) in [6.45, 7) is 3.63. The number of anilines is 2. The standard InChI is InChI=1S/C18H17N3O3/c1-11-4-5-13(9-18(11)21(22)23)20-16-8-12(2)19-17-10-14(24-3)6-7-15(16)17/h4-10H,1-3H3,(H,19,20). The van der Waals surface area contributed by atoms with Gasteiger partial charge in [0.15, 0.2) is 0 Å². The maximum atomic E-state index is 11.1. The number of hydrogen-bond donors (Lipinski definition) is 1. The number of aryl methyl sites for hydroxylation is 2. The predicted molar refractivity (Wildman–Crippen MR) is 94.1 cm³/mol. The highest BCUT2D eigenvalue weighted by Crippen LogP contribution is 2.30. The van der Waals surface area contributed by atoms with E-state index in [0.29, 0.717) is 11.3 Å². The lowest BCUT2D eigenvalue weighted by atomic mass is 10.1. The molecule has 0 spiro atoms. The van der Waals surface area contributed by atoms with Crippen LogP contribution in [0, 0.1) is 24.0 Å². The van der Waals surface area contributed by atoms with Gasteiger partial charge in [0.2, 0.25) is 0 Å². The number of hydrogen-bond acceptors (Lipinski definition) is 5. The van der Waals surface area contributed by atoms with Crippen LogP contribution in [0.25, 0.3) is 10.9 Å². The summed E-state index contributed by atoms with van der Waals surface area (Å²) in [5.74, 6) is 0.734. The second-order valence-corrected chi connectivity index (χ2v) is 5.58. The molecule has 0 saturated carbocycles. The number of ether oxygens (including phenoxy) is 1. The van der Waals surface area contributed by atoms with Gasteiger partial charge in [-0.2, -0.15) is 0 Å². The van der Waals surface area contributed by atoms with Crippen LogP contribution in [-0.4, -0.2) is 17.0 Å². The SMILES string of the molecule is COc1ccc2c(Nc3ccc(C)c([N+](=O)[O-])c3)cc(C)nc2c1. The van der Waals surface area contributed by atoms with E-state index in [4.69, 9.17) is 4.74 Å². The minimum atomic E-state index is -0.374. The van der Waals surface area contributed by atoms with Crippen LogP contribution in [0.4, 0.5) is 17.1 Å². The third kappa shape index (κ3) is 2.99. The van der Waals surface area contributed by atoms with E-state index < -0.39 is 0 Å². The number of fused-ring (bicyclic) bond motifs is 1. The van der Waals surface area contributed by atoms with Crippen molar-refractivity contribution in [3.8, 4) is 5.75 Å². The molecule has 6 heteroatoms. The molecule has 1 heterocycles. The molecule has 3 rings (SSSR count). The van der Waals surface area contributed by atoms with Crippen LogP contribution in [0.2, 0.25) is 0 Å². The minimum absolute atomic E-state index is 0.0942.